The average Bonchev–Trinajstić information content (AvgIpc) is 3.00. The van der Waals surface area contributed by atoms with Crippen molar-refractivity contribution in [3.8, 4) is 5.75 Å². The highest BCUT2D eigenvalue weighted by Gasteiger charge is 2.15. The molecule has 2 aromatic carbocycles. The Balaban J connectivity index is 1.73. The first-order chi connectivity index (χ1) is 11.5. The first-order valence-electron chi connectivity index (χ1n) is 6.73. The lowest BCUT2D eigenvalue weighted by molar-refractivity contribution is 0.0847. The highest BCUT2D eigenvalue weighted by Crippen LogP contribution is 2.27. The number of thiophene rings is 1. The summed E-state index contributed by atoms with van der Waals surface area (Å²) in [5.41, 5.74) is 4.32. The van der Waals surface area contributed by atoms with Gasteiger partial charge in [-0.25, -0.2) is 4.39 Å². The zero-order valence-electron chi connectivity index (χ0n) is 12.0. The largest absolute Gasteiger partial charge is 0.507 e. The van der Waals surface area contributed by atoms with Crippen LogP contribution in [-0.2, 0) is 0 Å². The van der Waals surface area contributed by atoms with Crippen LogP contribution in [0.2, 0.25) is 5.02 Å². The summed E-state index contributed by atoms with van der Waals surface area (Å²) in [6.07, 6.45) is 0. The lowest BCUT2D eigenvalue weighted by atomic mass is 10.2. The van der Waals surface area contributed by atoms with Crippen molar-refractivity contribution in [3.63, 3.8) is 0 Å². The molecule has 0 aliphatic heterocycles. The number of amides is 2. The smallest absolute Gasteiger partial charge is 0.279 e. The third kappa shape index (κ3) is 3.17. The molecule has 1 heterocycles. The Kier molecular flexibility index (Phi) is 4.37. The number of carbonyl (C=O) groups excluding carboxylic acids is 2. The topological polar surface area (TPSA) is 78.4 Å². The maximum absolute atomic E-state index is 13.6. The SMILES string of the molecule is O=C(NNC(=O)c1cc(Cl)ccc1O)c1cc2c(F)cccc2s1. The first kappa shape index (κ1) is 16.2. The third-order valence-electron chi connectivity index (χ3n) is 3.22. The van der Waals surface area contributed by atoms with Gasteiger partial charge in [-0.3, -0.25) is 20.4 Å². The van der Waals surface area contributed by atoms with E-state index in [9.17, 15) is 19.1 Å². The molecule has 0 unspecified atom stereocenters. The molecule has 122 valence electrons. The van der Waals surface area contributed by atoms with E-state index in [0.717, 1.165) is 11.3 Å². The van der Waals surface area contributed by atoms with Gasteiger partial charge < -0.3 is 5.11 Å². The minimum absolute atomic E-state index is 0.0785. The number of benzene rings is 2. The second-order valence-electron chi connectivity index (χ2n) is 4.83. The summed E-state index contributed by atoms with van der Waals surface area (Å²) in [6.45, 7) is 0. The number of halogens is 2. The summed E-state index contributed by atoms with van der Waals surface area (Å²) < 4.78 is 14.3. The van der Waals surface area contributed by atoms with Crippen molar-refractivity contribution in [1.82, 2.24) is 10.9 Å². The summed E-state index contributed by atoms with van der Waals surface area (Å²) in [5, 5.41) is 10.2. The van der Waals surface area contributed by atoms with E-state index in [1.807, 2.05) is 0 Å². The number of phenols is 1. The van der Waals surface area contributed by atoms with E-state index < -0.39 is 17.6 Å². The number of hydrogen-bond acceptors (Lipinski definition) is 4. The van der Waals surface area contributed by atoms with Crippen molar-refractivity contribution in [2.75, 3.05) is 0 Å². The third-order valence-corrected chi connectivity index (χ3v) is 4.56. The number of aromatic hydroxyl groups is 1. The molecule has 0 aliphatic carbocycles. The maximum atomic E-state index is 13.6. The number of rotatable bonds is 2. The number of hydrazine groups is 1. The Morgan fingerprint density at radius 3 is 2.58 bits per heavy atom. The lowest BCUT2D eigenvalue weighted by Gasteiger charge is -2.07. The second kappa shape index (κ2) is 6.46. The van der Waals surface area contributed by atoms with Crippen LogP contribution in [0.5, 0.6) is 5.75 Å². The molecule has 0 saturated carbocycles. The molecule has 1 aromatic heterocycles. The number of fused-ring (bicyclic) bond motifs is 1. The predicted molar refractivity (Wildman–Crippen MR) is 89.8 cm³/mol. The summed E-state index contributed by atoms with van der Waals surface area (Å²) in [5.74, 6) is -2.01. The Labute approximate surface area is 144 Å². The minimum Gasteiger partial charge on any atom is -0.507 e. The fraction of sp³-hybridized carbons (Fsp3) is 0. The van der Waals surface area contributed by atoms with Crippen molar-refractivity contribution >= 4 is 44.8 Å². The highest BCUT2D eigenvalue weighted by atomic mass is 35.5. The van der Waals surface area contributed by atoms with E-state index in [2.05, 4.69) is 10.9 Å². The molecule has 5 nitrogen and oxygen atoms in total. The normalized spacial score (nSPS) is 10.6. The number of phenolic OH excluding ortho intramolecular Hbond substituents is 1. The highest BCUT2D eigenvalue weighted by molar-refractivity contribution is 7.20. The van der Waals surface area contributed by atoms with Crippen molar-refractivity contribution < 1.29 is 19.1 Å². The van der Waals surface area contributed by atoms with E-state index in [4.69, 9.17) is 11.6 Å². The molecule has 3 rings (SSSR count). The molecule has 0 bridgehead atoms. The van der Waals surface area contributed by atoms with Crippen molar-refractivity contribution in [2.45, 2.75) is 0 Å². The van der Waals surface area contributed by atoms with Crippen LogP contribution in [0, 0.1) is 5.82 Å². The fourth-order valence-corrected chi connectivity index (χ4v) is 3.21. The molecule has 24 heavy (non-hydrogen) atoms. The van der Waals surface area contributed by atoms with Gasteiger partial charge in [-0.2, -0.15) is 0 Å². The summed E-state index contributed by atoms with van der Waals surface area (Å²) in [4.78, 5) is 24.3. The van der Waals surface area contributed by atoms with Gasteiger partial charge in [-0.05, 0) is 36.4 Å². The second-order valence-corrected chi connectivity index (χ2v) is 6.35. The van der Waals surface area contributed by atoms with Crippen molar-refractivity contribution in [2.24, 2.45) is 0 Å². The van der Waals surface area contributed by atoms with Crippen LogP contribution in [0.3, 0.4) is 0 Å². The van der Waals surface area contributed by atoms with E-state index in [1.54, 1.807) is 12.1 Å². The molecule has 0 fully saturated rings. The Hall–Kier alpha value is -2.64. The van der Waals surface area contributed by atoms with Gasteiger partial charge in [0.05, 0.1) is 10.4 Å². The molecule has 0 atom stereocenters. The summed E-state index contributed by atoms with van der Waals surface area (Å²) in [7, 11) is 0. The Bertz CT molecular complexity index is 958. The molecule has 0 radical (unpaired) electrons. The Morgan fingerprint density at radius 2 is 1.83 bits per heavy atom. The molecule has 8 heteroatoms. The molecule has 3 N–H and O–H groups in total. The van der Waals surface area contributed by atoms with Gasteiger partial charge in [0.15, 0.2) is 0 Å². The first-order valence-corrected chi connectivity index (χ1v) is 7.92. The molecule has 2 amide bonds. The summed E-state index contributed by atoms with van der Waals surface area (Å²) >= 11 is 6.87. The zero-order valence-corrected chi connectivity index (χ0v) is 13.5. The van der Waals surface area contributed by atoms with Gasteiger partial charge in [0.2, 0.25) is 0 Å². The van der Waals surface area contributed by atoms with E-state index in [1.165, 1.54) is 30.3 Å². The number of carbonyl (C=O) groups is 2. The molecule has 0 aliphatic rings. The molecular weight excluding hydrogens is 355 g/mol. The Morgan fingerprint density at radius 1 is 1.08 bits per heavy atom. The van der Waals surface area contributed by atoms with Crippen LogP contribution in [-0.4, -0.2) is 16.9 Å². The van der Waals surface area contributed by atoms with Gasteiger partial charge in [0, 0.05) is 15.1 Å². The van der Waals surface area contributed by atoms with Crippen LogP contribution in [0.25, 0.3) is 10.1 Å². The monoisotopic (exact) mass is 364 g/mol. The van der Waals surface area contributed by atoms with E-state index in [-0.39, 0.29) is 21.2 Å². The quantitative estimate of drug-likeness (QED) is 0.609. The van der Waals surface area contributed by atoms with Crippen molar-refractivity contribution in [3.05, 3.63) is 63.7 Å². The molecule has 0 spiro atoms. The molecular formula is C16H10ClFN2O3S. The molecule has 0 saturated heterocycles. The number of nitrogens with one attached hydrogen (secondary N) is 2. The van der Waals surface area contributed by atoms with E-state index >= 15 is 0 Å². The van der Waals surface area contributed by atoms with Gasteiger partial charge in [-0.1, -0.05) is 17.7 Å². The van der Waals surface area contributed by atoms with Gasteiger partial charge in [0.25, 0.3) is 11.8 Å². The molecule has 3 aromatic rings. The predicted octanol–water partition coefficient (Wildman–Crippen LogP) is 3.47. The van der Waals surface area contributed by atoms with Crippen LogP contribution in [0.15, 0.2) is 42.5 Å². The van der Waals surface area contributed by atoms with Gasteiger partial charge in [0.1, 0.15) is 11.6 Å². The lowest BCUT2D eigenvalue weighted by Crippen LogP contribution is -2.41. The number of hydrogen-bond donors (Lipinski definition) is 3. The van der Waals surface area contributed by atoms with Crippen molar-refractivity contribution in [1.29, 1.82) is 0 Å². The standard InChI is InChI=1S/C16H10ClFN2O3S/c17-8-4-5-12(21)10(6-8)15(22)19-20-16(23)14-7-9-11(18)2-1-3-13(9)24-14/h1-7,21H,(H,19,22)(H,20,23). The average molecular weight is 365 g/mol. The van der Waals surface area contributed by atoms with Gasteiger partial charge >= 0.3 is 0 Å². The van der Waals surface area contributed by atoms with E-state index in [0.29, 0.717) is 10.1 Å². The van der Waals surface area contributed by atoms with Crippen LogP contribution >= 0.6 is 22.9 Å². The minimum atomic E-state index is -0.726. The van der Waals surface area contributed by atoms with Crippen LogP contribution < -0.4 is 10.9 Å². The fourth-order valence-electron chi connectivity index (χ4n) is 2.07. The maximum Gasteiger partial charge on any atom is 0.279 e. The summed E-state index contributed by atoms with van der Waals surface area (Å²) in [6, 6.07) is 9.94. The van der Waals surface area contributed by atoms with Crippen LogP contribution in [0.4, 0.5) is 4.39 Å². The zero-order chi connectivity index (χ0) is 17.3. The van der Waals surface area contributed by atoms with Gasteiger partial charge in [-0.15, -0.1) is 11.3 Å². The van der Waals surface area contributed by atoms with Crippen LogP contribution in [0.1, 0.15) is 20.0 Å².